The summed E-state index contributed by atoms with van der Waals surface area (Å²) in [5.41, 5.74) is 0. The smallest absolute Gasteiger partial charge is 0.0700 e. The lowest BCUT2D eigenvalue weighted by Crippen LogP contribution is -2.47. The van der Waals surface area contributed by atoms with Gasteiger partial charge in [-0.3, -0.25) is 4.90 Å². The van der Waals surface area contributed by atoms with Crippen molar-refractivity contribution in [3.8, 4) is 0 Å². The quantitative estimate of drug-likeness (QED) is 0.742. The zero-order chi connectivity index (χ0) is 11.2. The van der Waals surface area contributed by atoms with Gasteiger partial charge in [0.2, 0.25) is 0 Å². The van der Waals surface area contributed by atoms with Crippen molar-refractivity contribution in [1.82, 2.24) is 10.2 Å². The van der Waals surface area contributed by atoms with Crippen LogP contribution >= 0.6 is 0 Å². The van der Waals surface area contributed by atoms with E-state index in [1.807, 2.05) is 0 Å². The largest absolute Gasteiger partial charge is 0.379 e. The monoisotopic (exact) mass is 228 g/mol. The molecule has 4 nitrogen and oxygen atoms in total. The van der Waals surface area contributed by atoms with Crippen molar-refractivity contribution in [2.45, 2.75) is 31.9 Å². The Morgan fingerprint density at radius 1 is 1.31 bits per heavy atom. The second kappa shape index (κ2) is 6.55. The molecule has 2 fully saturated rings. The van der Waals surface area contributed by atoms with Crippen molar-refractivity contribution in [2.24, 2.45) is 0 Å². The Kier molecular flexibility index (Phi) is 5.03. The summed E-state index contributed by atoms with van der Waals surface area (Å²) in [6.45, 7) is 9.21. The van der Waals surface area contributed by atoms with Crippen LogP contribution in [-0.4, -0.2) is 63.0 Å². The summed E-state index contributed by atoms with van der Waals surface area (Å²) in [5, 5.41) is 3.52. The Hall–Kier alpha value is -0.160. The maximum atomic E-state index is 5.58. The summed E-state index contributed by atoms with van der Waals surface area (Å²) in [4.78, 5) is 2.49. The SMILES string of the molecule is CC(CNCC1CCCO1)N1CCOCC1. The predicted molar refractivity (Wildman–Crippen MR) is 63.7 cm³/mol. The van der Waals surface area contributed by atoms with Crippen LogP contribution in [0.25, 0.3) is 0 Å². The molecule has 16 heavy (non-hydrogen) atoms. The van der Waals surface area contributed by atoms with Gasteiger partial charge in [0.25, 0.3) is 0 Å². The highest BCUT2D eigenvalue weighted by molar-refractivity contribution is 4.74. The molecular formula is C12H24N2O2. The van der Waals surface area contributed by atoms with Gasteiger partial charge in [-0.15, -0.1) is 0 Å². The summed E-state index contributed by atoms with van der Waals surface area (Å²) >= 11 is 0. The second-order valence-electron chi connectivity index (χ2n) is 4.79. The molecular weight excluding hydrogens is 204 g/mol. The number of morpholine rings is 1. The lowest BCUT2D eigenvalue weighted by molar-refractivity contribution is 0.0195. The molecule has 0 bridgehead atoms. The van der Waals surface area contributed by atoms with Crippen molar-refractivity contribution in [2.75, 3.05) is 46.0 Å². The Bertz CT molecular complexity index is 189. The van der Waals surface area contributed by atoms with Gasteiger partial charge < -0.3 is 14.8 Å². The molecule has 0 aliphatic carbocycles. The molecule has 2 rings (SSSR count). The first-order valence-electron chi connectivity index (χ1n) is 6.50. The minimum absolute atomic E-state index is 0.455. The van der Waals surface area contributed by atoms with Crippen LogP contribution in [0.4, 0.5) is 0 Å². The summed E-state index contributed by atoms with van der Waals surface area (Å²) in [5.74, 6) is 0. The molecule has 0 aromatic carbocycles. The number of nitrogens with zero attached hydrogens (tertiary/aromatic N) is 1. The number of hydrogen-bond acceptors (Lipinski definition) is 4. The Labute approximate surface area is 98.3 Å². The van der Waals surface area contributed by atoms with Gasteiger partial charge in [0.05, 0.1) is 19.3 Å². The average Bonchev–Trinajstić information content (AvgIpc) is 2.83. The van der Waals surface area contributed by atoms with E-state index in [4.69, 9.17) is 9.47 Å². The summed E-state index contributed by atoms with van der Waals surface area (Å²) in [6.07, 6.45) is 2.90. The standard InChI is InChI=1S/C12H24N2O2/c1-11(14-4-7-15-8-5-14)9-13-10-12-3-2-6-16-12/h11-13H,2-10H2,1H3. The van der Waals surface area contributed by atoms with Crippen LogP contribution in [-0.2, 0) is 9.47 Å². The fourth-order valence-corrected chi connectivity index (χ4v) is 2.41. The Morgan fingerprint density at radius 3 is 2.81 bits per heavy atom. The molecule has 2 aliphatic heterocycles. The van der Waals surface area contributed by atoms with E-state index in [1.54, 1.807) is 0 Å². The molecule has 0 radical (unpaired) electrons. The zero-order valence-electron chi connectivity index (χ0n) is 10.3. The zero-order valence-corrected chi connectivity index (χ0v) is 10.3. The Morgan fingerprint density at radius 2 is 2.12 bits per heavy atom. The normalized spacial score (nSPS) is 29.4. The molecule has 0 aromatic rings. The van der Waals surface area contributed by atoms with E-state index in [2.05, 4.69) is 17.1 Å². The highest BCUT2D eigenvalue weighted by atomic mass is 16.5. The van der Waals surface area contributed by atoms with Gasteiger partial charge in [-0.1, -0.05) is 0 Å². The van der Waals surface area contributed by atoms with Crippen LogP contribution in [0.5, 0.6) is 0 Å². The van der Waals surface area contributed by atoms with E-state index in [-0.39, 0.29) is 0 Å². The van der Waals surface area contributed by atoms with Crippen LogP contribution in [0.2, 0.25) is 0 Å². The molecule has 2 heterocycles. The summed E-state index contributed by atoms with van der Waals surface area (Å²) in [7, 11) is 0. The third-order valence-corrected chi connectivity index (χ3v) is 3.50. The van der Waals surface area contributed by atoms with Gasteiger partial charge >= 0.3 is 0 Å². The minimum atomic E-state index is 0.455. The third-order valence-electron chi connectivity index (χ3n) is 3.50. The molecule has 2 aliphatic rings. The molecule has 0 amide bonds. The van der Waals surface area contributed by atoms with Gasteiger partial charge in [-0.2, -0.15) is 0 Å². The molecule has 2 saturated heterocycles. The van der Waals surface area contributed by atoms with Crippen LogP contribution in [0, 0.1) is 0 Å². The van der Waals surface area contributed by atoms with E-state index in [0.29, 0.717) is 12.1 Å². The average molecular weight is 228 g/mol. The van der Waals surface area contributed by atoms with Crippen LogP contribution < -0.4 is 5.32 Å². The first kappa shape index (κ1) is 12.3. The highest BCUT2D eigenvalue weighted by Gasteiger charge is 2.18. The van der Waals surface area contributed by atoms with E-state index in [9.17, 15) is 0 Å². The summed E-state index contributed by atoms with van der Waals surface area (Å²) in [6, 6.07) is 0.602. The number of hydrogen-bond donors (Lipinski definition) is 1. The maximum absolute atomic E-state index is 5.58. The Balaban J connectivity index is 1.57. The van der Waals surface area contributed by atoms with Gasteiger partial charge in [0.15, 0.2) is 0 Å². The molecule has 4 heteroatoms. The van der Waals surface area contributed by atoms with Gasteiger partial charge in [0.1, 0.15) is 0 Å². The van der Waals surface area contributed by atoms with Gasteiger partial charge in [-0.05, 0) is 19.8 Å². The highest BCUT2D eigenvalue weighted by Crippen LogP contribution is 2.10. The fraction of sp³-hybridized carbons (Fsp3) is 1.00. The first-order valence-corrected chi connectivity index (χ1v) is 6.50. The molecule has 2 unspecified atom stereocenters. The van der Waals surface area contributed by atoms with E-state index < -0.39 is 0 Å². The summed E-state index contributed by atoms with van der Waals surface area (Å²) < 4.78 is 10.9. The van der Waals surface area contributed by atoms with Crippen molar-refractivity contribution >= 4 is 0 Å². The van der Waals surface area contributed by atoms with E-state index >= 15 is 0 Å². The number of rotatable bonds is 5. The number of ether oxygens (including phenoxy) is 2. The molecule has 2 atom stereocenters. The van der Waals surface area contributed by atoms with Crippen molar-refractivity contribution in [3.05, 3.63) is 0 Å². The van der Waals surface area contributed by atoms with E-state index in [0.717, 1.165) is 46.0 Å². The van der Waals surface area contributed by atoms with Crippen LogP contribution in [0.1, 0.15) is 19.8 Å². The van der Waals surface area contributed by atoms with Gasteiger partial charge in [-0.25, -0.2) is 0 Å². The topological polar surface area (TPSA) is 33.7 Å². The lowest BCUT2D eigenvalue weighted by atomic mass is 10.2. The minimum Gasteiger partial charge on any atom is -0.379 e. The van der Waals surface area contributed by atoms with Crippen molar-refractivity contribution in [3.63, 3.8) is 0 Å². The molecule has 94 valence electrons. The first-order chi connectivity index (χ1) is 7.86. The molecule has 0 spiro atoms. The van der Waals surface area contributed by atoms with Crippen molar-refractivity contribution < 1.29 is 9.47 Å². The van der Waals surface area contributed by atoms with Crippen LogP contribution in [0.15, 0.2) is 0 Å². The second-order valence-corrected chi connectivity index (χ2v) is 4.79. The molecule has 1 N–H and O–H groups in total. The van der Waals surface area contributed by atoms with E-state index in [1.165, 1.54) is 12.8 Å². The lowest BCUT2D eigenvalue weighted by Gasteiger charge is -2.32. The third kappa shape index (κ3) is 3.70. The number of nitrogens with one attached hydrogen (secondary N) is 1. The maximum Gasteiger partial charge on any atom is 0.0700 e. The molecule has 0 aromatic heterocycles. The van der Waals surface area contributed by atoms with Crippen LogP contribution in [0.3, 0.4) is 0 Å². The van der Waals surface area contributed by atoms with Gasteiger partial charge in [0, 0.05) is 38.8 Å². The van der Waals surface area contributed by atoms with Crippen molar-refractivity contribution in [1.29, 1.82) is 0 Å². The molecule has 0 saturated carbocycles. The predicted octanol–water partition coefficient (Wildman–Crippen LogP) is 0.476. The fourth-order valence-electron chi connectivity index (χ4n) is 2.41.